The molecule has 126 valence electrons. The summed E-state index contributed by atoms with van der Waals surface area (Å²) in [5.41, 5.74) is 0. The van der Waals surface area contributed by atoms with Crippen LogP contribution in [-0.2, 0) is 9.15 Å². The van der Waals surface area contributed by atoms with Crippen molar-refractivity contribution in [3.63, 3.8) is 0 Å². The molecule has 0 aromatic heterocycles. The maximum absolute atomic E-state index is 10.5. The monoisotopic (exact) mass is 337 g/mol. The molecular formula is C15H31NO3S2. The Kier molecular flexibility index (Phi) is 10.8. The lowest BCUT2D eigenvalue weighted by molar-refractivity contribution is 0.224. The highest BCUT2D eigenvalue weighted by Gasteiger charge is 2.08. The summed E-state index contributed by atoms with van der Waals surface area (Å²) in [6.45, 7) is 3.90. The summed E-state index contributed by atoms with van der Waals surface area (Å²) >= 11 is 0. The number of piperidine rings is 1. The SMILES string of the molecule is O=S(=O)(O)SCCCCCCCCCCN1CCCCC1. The van der Waals surface area contributed by atoms with Gasteiger partial charge in [0.05, 0.1) is 0 Å². The van der Waals surface area contributed by atoms with Gasteiger partial charge in [0.25, 0.3) is 0 Å². The van der Waals surface area contributed by atoms with Gasteiger partial charge < -0.3 is 4.90 Å². The van der Waals surface area contributed by atoms with Crippen LogP contribution in [0.2, 0.25) is 0 Å². The van der Waals surface area contributed by atoms with Crippen LogP contribution in [0.3, 0.4) is 0 Å². The minimum Gasteiger partial charge on any atom is -0.303 e. The third-order valence-electron chi connectivity index (χ3n) is 4.05. The molecule has 0 atom stereocenters. The van der Waals surface area contributed by atoms with E-state index in [0.717, 1.165) is 12.8 Å². The van der Waals surface area contributed by atoms with E-state index in [9.17, 15) is 8.42 Å². The van der Waals surface area contributed by atoms with Crippen LogP contribution in [0.5, 0.6) is 0 Å². The molecule has 0 aliphatic carbocycles. The van der Waals surface area contributed by atoms with Gasteiger partial charge in [0.15, 0.2) is 0 Å². The van der Waals surface area contributed by atoms with E-state index in [1.807, 2.05) is 0 Å². The van der Waals surface area contributed by atoms with E-state index >= 15 is 0 Å². The first kappa shape index (κ1) is 19.3. The number of likely N-dealkylation sites (tertiary alicyclic amines) is 1. The molecule has 0 bridgehead atoms. The topological polar surface area (TPSA) is 57.6 Å². The zero-order valence-corrected chi connectivity index (χ0v) is 14.8. The van der Waals surface area contributed by atoms with Crippen molar-refractivity contribution in [2.45, 2.75) is 70.6 Å². The molecule has 0 aromatic rings. The number of hydrogen-bond acceptors (Lipinski definition) is 4. The summed E-state index contributed by atoms with van der Waals surface area (Å²) in [7, 11) is -3.18. The van der Waals surface area contributed by atoms with E-state index in [2.05, 4.69) is 4.90 Å². The number of rotatable bonds is 12. The molecule has 0 unspecified atom stereocenters. The summed E-state index contributed by atoms with van der Waals surface area (Å²) in [5.74, 6) is 0.509. The Morgan fingerprint density at radius 3 is 1.90 bits per heavy atom. The Morgan fingerprint density at radius 2 is 1.33 bits per heavy atom. The van der Waals surface area contributed by atoms with Gasteiger partial charge in [0, 0.05) is 5.75 Å². The first-order valence-electron chi connectivity index (χ1n) is 8.42. The van der Waals surface area contributed by atoms with Gasteiger partial charge in [0.2, 0.25) is 0 Å². The molecule has 6 heteroatoms. The molecule has 1 saturated heterocycles. The second-order valence-corrected chi connectivity index (χ2v) is 9.45. The summed E-state index contributed by atoms with van der Waals surface area (Å²) in [4.78, 5) is 2.61. The lowest BCUT2D eigenvalue weighted by Crippen LogP contribution is -2.30. The van der Waals surface area contributed by atoms with Crippen LogP contribution >= 0.6 is 10.8 Å². The van der Waals surface area contributed by atoms with Crippen LogP contribution in [-0.4, -0.2) is 43.3 Å². The van der Waals surface area contributed by atoms with Crippen LogP contribution in [0, 0.1) is 0 Å². The molecule has 1 aliphatic heterocycles. The maximum atomic E-state index is 10.5. The van der Waals surface area contributed by atoms with Crippen LogP contribution in [0.4, 0.5) is 0 Å². The van der Waals surface area contributed by atoms with E-state index in [0.29, 0.717) is 16.5 Å². The Balaban J connectivity index is 1.76. The van der Waals surface area contributed by atoms with Crippen molar-refractivity contribution in [3.8, 4) is 0 Å². The van der Waals surface area contributed by atoms with Gasteiger partial charge >= 0.3 is 9.15 Å². The average Bonchev–Trinajstić information content (AvgIpc) is 2.44. The van der Waals surface area contributed by atoms with E-state index in [1.54, 1.807) is 0 Å². The summed E-state index contributed by atoms with van der Waals surface area (Å²) in [6.07, 6.45) is 13.9. The van der Waals surface area contributed by atoms with E-state index in [-0.39, 0.29) is 0 Å². The van der Waals surface area contributed by atoms with Crippen LogP contribution < -0.4 is 0 Å². The third-order valence-corrected chi connectivity index (χ3v) is 6.20. The third kappa shape index (κ3) is 12.4. The van der Waals surface area contributed by atoms with Gasteiger partial charge in [-0.25, -0.2) is 0 Å². The predicted octanol–water partition coefficient (Wildman–Crippen LogP) is 4.13. The molecule has 0 radical (unpaired) electrons. The maximum Gasteiger partial charge on any atom is 0.319 e. The highest BCUT2D eigenvalue weighted by molar-refractivity contribution is 8.69. The van der Waals surface area contributed by atoms with E-state index < -0.39 is 9.15 Å². The Bertz CT molecular complexity index is 341. The molecule has 21 heavy (non-hydrogen) atoms. The molecule has 1 heterocycles. The highest BCUT2D eigenvalue weighted by atomic mass is 33.1. The van der Waals surface area contributed by atoms with Crippen molar-refractivity contribution in [2.24, 2.45) is 0 Å². The Hall–Kier alpha value is 0.220. The Labute approximate surface area is 134 Å². The normalized spacial score (nSPS) is 17.2. The first-order chi connectivity index (χ1) is 10.1. The molecule has 0 saturated carbocycles. The fourth-order valence-corrected chi connectivity index (χ4v) is 4.36. The van der Waals surface area contributed by atoms with Gasteiger partial charge in [-0.2, -0.15) is 8.42 Å². The minimum atomic E-state index is -3.83. The zero-order chi connectivity index (χ0) is 15.4. The lowest BCUT2D eigenvalue weighted by Gasteiger charge is -2.26. The van der Waals surface area contributed by atoms with Crippen LogP contribution in [0.15, 0.2) is 0 Å². The fourth-order valence-electron chi connectivity index (χ4n) is 2.85. The number of nitrogens with zero attached hydrogens (tertiary/aromatic N) is 1. The molecule has 1 fully saturated rings. The van der Waals surface area contributed by atoms with Crippen molar-refractivity contribution in [3.05, 3.63) is 0 Å². The molecule has 0 spiro atoms. The van der Waals surface area contributed by atoms with Gasteiger partial charge in [-0.15, -0.1) is 0 Å². The van der Waals surface area contributed by atoms with Crippen molar-refractivity contribution in [1.82, 2.24) is 4.90 Å². The van der Waals surface area contributed by atoms with Crippen molar-refractivity contribution in [2.75, 3.05) is 25.4 Å². The summed E-state index contributed by atoms with van der Waals surface area (Å²) in [5, 5.41) is 0. The van der Waals surface area contributed by atoms with Crippen molar-refractivity contribution in [1.29, 1.82) is 0 Å². The molecule has 4 nitrogen and oxygen atoms in total. The fraction of sp³-hybridized carbons (Fsp3) is 1.00. The van der Waals surface area contributed by atoms with Crippen molar-refractivity contribution >= 4 is 19.9 Å². The van der Waals surface area contributed by atoms with Gasteiger partial charge in [-0.1, -0.05) is 44.9 Å². The molecule has 0 amide bonds. The molecule has 0 aromatic carbocycles. The van der Waals surface area contributed by atoms with Gasteiger partial charge in [-0.05, 0) is 56.1 Å². The smallest absolute Gasteiger partial charge is 0.303 e. The summed E-state index contributed by atoms with van der Waals surface area (Å²) < 4.78 is 29.6. The molecule has 1 aliphatic rings. The largest absolute Gasteiger partial charge is 0.319 e. The minimum absolute atomic E-state index is 0.509. The zero-order valence-electron chi connectivity index (χ0n) is 13.1. The second kappa shape index (κ2) is 11.7. The van der Waals surface area contributed by atoms with E-state index in [4.69, 9.17) is 4.55 Å². The quantitative estimate of drug-likeness (QED) is 0.330. The lowest BCUT2D eigenvalue weighted by atomic mass is 10.1. The highest BCUT2D eigenvalue weighted by Crippen LogP contribution is 2.15. The van der Waals surface area contributed by atoms with Crippen molar-refractivity contribution < 1.29 is 13.0 Å². The predicted molar refractivity (Wildman–Crippen MR) is 91.2 cm³/mol. The standard InChI is InChI=1S/C15H31NO3S2/c17-21(18,19)20-15-11-6-4-2-1-3-5-8-12-16-13-9-7-10-14-16/h1-15H2,(H,17,18,19). The summed E-state index contributed by atoms with van der Waals surface area (Å²) in [6, 6.07) is 0. The van der Waals surface area contributed by atoms with Gasteiger partial charge in [-0.3, -0.25) is 4.55 Å². The molecule has 1 N–H and O–H groups in total. The number of unbranched alkanes of at least 4 members (excludes halogenated alkanes) is 7. The van der Waals surface area contributed by atoms with Gasteiger partial charge in [0.1, 0.15) is 0 Å². The molecular weight excluding hydrogens is 306 g/mol. The van der Waals surface area contributed by atoms with Crippen LogP contribution in [0.25, 0.3) is 0 Å². The second-order valence-electron chi connectivity index (χ2n) is 5.98. The van der Waals surface area contributed by atoms with Crippen LogP contribution in [0.1, 0.15) is 70.6 Å². The Morgan fingerprint density at radius 1 is 0.810 bits per heavy atom. The number of hydrogen-bond donors (Lipinski definition) is 1. The van der Waals surface area contributed by atoms with E-state index in [1.165, 1.54) is 77.4 Å². The molecule has 1 rings (SSSR count). The first-order valence-corrected chi connectivity index (χ1v) is 11.4. The average molecular weight is 338 g/mol.